The highest BCUT2D eigenvalue weighted by atomic mass is 32.2. The molecule has 0 amide bonds. The number of benzene rings is 1. The molecule has 0 saturated heterocycles. The van der Waals surface area contributed by atoms with Crippen molar-refractivity contribution in [2.24, 2.45) is 0 Å². The van der Waals surface area contributed by atoms with E-state index < -0.39 is 9.84 Å². The highest BCUT2D eigenvalue weighted by Crippen LogP contribution is 2.11. The van der Waals surface area contributed by atoms with Crippen LogP contribution in [0.2, 0.25) is 0 Å². The zero-order valence-corrected chi connectivity index (χ0v) is 8.60. The van der Waals surface area contributed by atoms with Gasteiger partial charge >= 0.3 is 0 Å². The van der Waals surface area contributed by atoms with Gasteiger partial charge in [0.2, 0.25) is 5.12 Å². The molecule has 5 heteroatoms. The minimum atomic E-state index is -3.18. The van der Waals surface area contributed by atoms with Crippen molar-refractivity contribution in [2.75, 3.05) is 6.26 Å². The Labute approximate surface area is 82.1 Å². The SMILES string of the molecule is CS(=O)(=O)c1ccc(C(=O)S)cc1. The molecule has 70 valence electrons. The first-order chi connectivity index (χ1) is 5.91. The normalized spacial score (nSPS) is 11.2. The van der Waals surface area contributed by atoms with Crippen LogP contribution in [0.15, 0.2) is 29.2 Å². The maximum absolute atomic E-state index is 11.0. The van der Waals surface area contributed by atoms with Crippen LogP contribution in [0.1, 0.15) is 10.4 Å². The molecule has 0 spiro atoms. The molecule has 1 aromatic rings. The van der Waals surface area contributed by atoms with E-state index in [9.17, 15) is 13.2 Å². The smallest absolute Gasteiger partial charge is 0.216 e. The van der Waals surface area contributed by atoms with Crippen LogP contribution < -0.4 is 0 Å². The molecule has 0 radical (unpaired) electrons. The Kier molecular flexibility index (Phi) is 2.77. The highest BCUT2D eigenvalue weighted by molar-refractivity contribution is 7.97. The van der Waals surface area contributed by atoms with E-state index in [1.54, 1.807) is 0 Å². The van der Waals surface area contributed by atoms with Crippen LogP contribution in [0.4, 0.5) is 0 Å². The standard InChI is InChI=1S/C8H8O3S2/c1-13(10,11)7-4-2-6(3-5-7)8(9)12/h2-5H,1H3,(H,9,12). The third kappa shape index (κ3) is 2.57. The predicted octanol–water partition coefficient (Wildman–Crippen LogP) is 1.16. The second kappa shape index (κ2) is 3.51. The molecule has 0 aromatic heterocycles. The molecule has 0 aliphatic carbocycles. The quantitative estimate of drug-likeness (QED) is 0.755. The average Bonchev–Trinajstić information content (AvgIpc) is 2.03. The lowest BCUT2D eigenvalue weighted by Gasteiger charge is -1.98. The fourth-order valence-electron chi connectivity index (χ4n) is 0.845. The van der Waals surface area contributed by atoms with Gasteiger partial charge in [-0.25, -0.2) is 8.42 Å². The Morgan fingerprint density at radius 3 is 2.00 bits per heavy atom. The molecule has 0 fully saturated rings. The third-order valence-electron chi connectivity index (χ3n) is 1.53. The topological polar surface area (TPSA) is 51.2 Å². The van der Waals surface area contributed by atoms with Crippen molar-refractivity contribution in [3.05, 3.63) is 29.8 Å². The van der Waals surface area contributed by atoms with Crippen LogP contribution in [0.5, 0.6) is 0 Å². The number of hydrogen-bond acceptors (Lipinski definition) is 3. The average molecular weight is 216 g/mol. The van der Waals surface area contributed by atoms with Crippen molar-refractivity contribution in [3.63, 3.8) is 0 Å². The largest absolute Gasteiger partial charge is 0.282 e. The molecule has 13 heavy (non-hydrogen) atoms. The predicted molar refractivity (Wildman–Crippen MR) is 52.9 cm³/mol. The van der Waals surface area contributed by atoms with Gasteiger partial charge in [-0.1, -0.05) is 0 Å². The summed E-state index contributed by atoms with van der Waals surface area (Å²) in [4.78, 5) is 10.9. The van der Waals surface area contributed by atoms with Crippen molar-refractivity contribution < 1.29 is 13.2 Å². The van der Waals surface area contributed by atoms with Gasteiger partial charge in [-0.2, -0.15) is 0 Å². The molecule has 0 aliphatic heterocycles. The molecule has 3 nitrogen and oxygen atoms in total. The molecule has 0 aliphatic rings. The first-order valence-corrected chi connectivity index (χ1v) is 5.78. The molecule has 0 saturated carbocycles. The number of sulfone groups is 1. The molecule has 1 rings (SSSR count). The van der Waals surface area contributed by atoms with Crippen LogP contribution >= 0.6 is 12.6 Å². The fraction of sp³-hybridized carbons (Fsp3) is 0.125. The first-order valence-electron chi connectivity index (χ1n) is 3.44. The van der Waals surface area contributed by atoms with Crippen LogP contribution in [0.25, 0.3) is 0 Å². The second-order valence-electron chi connectivity index (χ2n) is 2.60. The van der Waals surface area contributed by atoms with E-state index in [2.05, 4.69) is 12.6 Å². The third-order valence-corrected chi connectivity index (χ3v) is 2.92. The summed E-state index contributed by atoms with van der Waals surface area (Å²) in [6.07, 6.45) is 1.12. The van der Waals surface area contributed by atoms with Gasteiger partial charge < -0.3 is 0 Å². The number of carbonyl (C=O) groups excluding carboxylic acids is 1. The summed E-state index contributed by atoms with van der Waals surface area (Å²) in [6, 6.07) is 5.65. The van der Waals surface area contributed by atoms with Gasteiger partial charge in [-0.15, -0.1) is 12.6 Å². The van der Waals surface area contributed by atoms with Crippen LogP contribution in [0, 0.1) is 0 Å². The Balaban J connectivity index is 3.16. The zero-order chi connectivity index (χ0) is 10.1. The summed E-state index contributed by atoms with van der Waals surface area (Å²) in [6.45, 7) is 0. The monoisotopic (exact) mass is 216 g/mol. The summed E-state index contributed by atoms with van der Waals surface area (Å²) < 4.78 is 22.0. The van der Waals surface area contributed by atoms with Crippen molar-refractivity contribution in [1.29, 1.82) is 0 Å². The number of thiol groups is 1. The van der Waals surface area contributed by atoms with E-state index >= 15 is 0 Å². The Morgan fingerprint density at radius 2 is 1.69 bits per heavy atom. The molecule has 1 aromatic carbocycles. The summed E-state index contributed by atoms with van der Waals surface area (Å²) in [5.41, 5.74) is 0.385. The molecule has 0 N–H and O–H groups in total. The van der Waals surface area contributed by atoms with Crippen molar-refractivity contribution >= 4 is 27.6 Å². The van der Waals surface area contributed by atoms with Crippen molar-refractivity contribution in [1.82, 2.24) is 0 Å². The van der Waals surface area contributed by atoms with Crippen molar-refractivity contribution in [3.8, 4) is 0 Å². The lowest BCUT2D eigenvalue weighted by atomic mass is 10.2. The maximum atomic E-state index is 11.0. The van der Waals surface area contributed by atoms with Crippen LogP contribution in [0.3, 0.4) is 0 Å². The molecule has 0 unspecified atom stereocenters. The summed E-state index contributed by atoms with van der Waals surface area (Å²) in [7, 11) is -3.18. The van der Waals surface area contributed by atoms with Crippen LogP contribution in [-0.4, -0.2) is 19.8 Å². The zero-order valence-electron chi connectivity index (χ0n) is 6.89. The fourth-order valence-corrected chi connectivity index (χ4v) is 1.62. The highest BCUT2D eigenvalue weighted by Gasteiger charge is 2.07. The molecular formula is C8H8O3S2. The van der Waals surface area contributed by atoms with Gasteiger partial charge in [0.05, 0.1) is 4.90 Å². The van der Waals surface area contributed by atoms with Gasteiger partial charge in [0.15, 0.2) is 9.84 Å². The number of rotatable bonds is 2. The summed E-state index contributed by atoms with van der Waals surface area (Å²) in [5, 5.41) is -0.375. The number of carbonyl (C=O) groups is 1. The Hall–Kier alpha value is -0.810. The lowest BCUT2D eigenvalue weighted by molar-refractivity contribution is 0.109. The van der Waals surface area contributed by atoms with Gasteiger partial charge in [0.1, 0.15) is 0 Å². The minimum Gasteiger partial charge on any atom is -0.282 e. The molecule has 0 heterocycles. The first kappa shape index (κ1) is 10.3. The summed E-state index contributed by atoms with van der Waals surface area (Å²) in [5.74, 6) is 0. The van der Waals surface area contributed by atoms with E-state index in [0.29, 0.717) is 5.56 Å². The van der Waals surface area contributed by atoms with E-state index in [0.717, 1.165) is 6.26 Å². The van der Waals surface area contributed by atoms with Gasteiger partial charge in [-0.05, 0) is 24.3 Å². The van der Waals surface area contributed by atoms with E-state index in [1.165, 1.54) is 24.3 Å². The van der Waals surface area contributed by atoms with E-state index in [1.807, 2.05) is 0 Å². The van der Waals surface area contributed by atoms with Gasteiger partial charge in [0, 0.05) is 11.8 Å². The van der Waals surface area contributed by atoms with Crippen LogP contribution in [-0.2, 0) is 9.84 Å². The molecule has 0 atom stereocenters. The van der Waals surface area contributed by atoms with E-state index in [4.69, 9.17) is 0 Å². The molecule has 0 bridgehead atoms. The number of hydrogen-bond donors (Lipinski definition) is 1. The van der Waals surface area contributed by atoms with E-state index in [-0.39, 0.29) is 10.0 Å². The second-order valence-corrected chi connectivity index (χ2v) is 5.02. The van der Waals surface area contributed by atoms with Gasteiger partial charge in [0.25, 0.3) is 0 Å². The Morgan fingerprint density at radius 1 is 1.23 bits per heavy atom. The Bertz CT molecular complexity index is 417. The molecular weight excluding hydrogens is 208 g/mol. The van der Waals surface area contributed by atoms with Gasteiger partial charge in [-0.3, -0.25) is 4.79 Å². The minimum absolute atomic E-state index is 0.200. The lowest BCUT2D eigenvalue weighted by Crippen LogP contribution is -1.97. The summed E-state index contributed by atoms with van der Waals surface area (Å²) >= 11 is 3.61. The van der Waals surface area contributed by atoms with Crippen molar-refractivity contribution in [2.45, 2.75) is 4.90 Å². The maximum Gasteiger partial charge on any atom is 0.216 e.